The van der Waals surface area contributed by atoms with Gasteiger partial charge >= 0.3 is 6.09 Å². The number of nitrogens with two attached hydrogens (primary N) is 1. The number of amides is 1. The van der Waals surface area contributed by atoms with Gasteiger partial charge in [-0.15, -0.1) is 0 Å². The minimum Gasteiger partial charge on any atom is -0.444 e. The molecule has 4 heteroatoms. The van der Waals surface area contributed by atoms with Crippen LogP contribution in [0.2, 0.25) is 0 Å². The summed E-state index contributed by atoms with van der Waals surface area (Å²) >= 11 is 0. The number of likely N-dealkylation sites (tertiary alicyclic amines) is 1. The van der Waals surface area contributed by atoms with Gasteiger partial charge in [-0.3, -0.25) is 0 Å². The minimum atomic E-state index is -0.405. The van der Waals surface area contributed by atoms with E-state index < -0.39 is 5.60 Å². The largest absolute Gasteiger partial charge is 0.444 e. The van der Waals surface area contributed by atoms with Gasteiger partial charge in [-0.2, -0.15) is 0 Å². The maximum absolute atomic E-state index is 11.7. The Hall–Kier alpha value is -0.770. The van der Waals surface area contributed by atoms with Crippen molar-refractivity contribution in [2.45, 2.75) is 44.8 Å². The van der Waals surface area contributed by atoms with E-state index in [1.165, 1.54) is 0 Å². The lowest BCUT2D eigenvalue weighted by atomic mass is 10.1. The Morgan fingerprint density at radius 1 is 1.53 bits per heavy atom. The average molecular weight is 212 g/mol. The van der Waals surface area contributed by atoms with Gasteiger partial charge in [0, 0.05) is 18.6 Å². The summed E-state index contributed by atoms with van der Waals surface area (Å²) in [5.74, 6) is 0.499. The molecular formula is C11H20N2O2. The molecule has 1 heterocycles. The van der Waals surface area contributed by atoms with E-state index in [2.05, 4.69) is 0 Å². The molecule has 0 aromatic heterocycles. The number of ether oxygens (including phenoxy) is 1. The van der Waals surface area contributed by atoms with Crippen LogP contribution in [0.3, 0.4) is 0 Å². The summed E-state index contributed by atoms with van der Waals surface area (Å²) in [6.45, 7) is 7.17. The summed E-state index contributed by atoms with van der Waals surface area (Å²) in [6.07, 6.45) is 1.78. The summed E-state index contributed by atoms with van der Waals surface area (Å²) in [4.78, 5) is 13.5. The zero-order chi connectivity index (χ0) is 11.3. The molecule has 2 fully saturated rings. The van der Waals surface area contributed by atoms with Crippen LogP contribution in [0.5, 0.6) is 0 Å². The summed E-state index contributed by atoms with van der Waals surface area (Å²) in [7, 11) is 0. The molecule has 0 spiro atoms. The van der Waals surface area contributed by atoms with E-state index in [1.54, 1.807) is 4.90 Å². The van der Waals surface area contributed by atoms with E-state index in [1.807, 2.05) is 20.8 Å². The monoisotopic (exact) mass is 212 g/mol. The third kappa shape index (κ3) is 2.25. The van der Waals surface area contributed by atoms with E-state index in [0.29, 0.717) is 5.92 Å². The molecule has 2 atom stereocenters. The van der Waals surface area contributed by atoms with Crippen molar-refractivity contribution in [3.8, 4) is 0 Å². The molecule has 2 rings (SSSR count). The van der Waals surface area contributed by atoms with Crippen LogP contribution < -0.4 is 5.73 Å². The van der Waals surface area contributed by atoms with Gasteiger partial charge in [0.25, 0.3) is 0 Å². The second-order valence-corrected chi connectivity index (χ2v) is 5.81. The highest BCUT2D eigenvalue weighted by Gasteiger charge is 2.54. The van der Waals surface area contributed by atoms with Crippen LogP contribution in [0.15, 0.2) is 0 Å². The van der Waals surface area contributed by atoms with Crippen LogP contribution in [0.25, 0.3) is 0 Å². The van der Waals surface area contributed by atoms with Crippen LogP contribution in [-0.2, 0) is 4.74 Å². The fourth-order valence-corrected chi connectivity index (χ4v) is 2.15. The van der Waals surface area contributed by atoms with Crippen molar-refractivity contribution in [1.82, 2.24) is 4.90 Å². The van der Waals surface area contributed by atoms with Crippen molar-refractivity contribution >= 4 is 6.09 Å². The molecular weight excluding hydrogens is 192 g/mol. The molecule has 0 radical (unpaired) electrons. The van der Waals surface area contributed by atoms with Crippen molar-refractivity contribution in [1.29, 1.82) is 0 Å². The van der Waals surface area contributed by atoms with E-state index >= 15 is 0 Å². The first kappa shape index (κ1) is 10.7. The summed E-state index contributed by atoms with van der Waals surface area (Å²) in [6, 6.07) is 0. The lowest BCUT2D eigenvalue weighted by molar-refractivity contribution is 0.0201. The van der Waals surface area contributed by atoms with Gasteiger partial charge in [-0.05, 0) is 39.5 Å². The van der Waals surface area contributed by atoms with Crippen molar-refractivity contribution in [2.75, 3.05) is 13.1 Å². The lowest BCUT2D eigenvalue weighted by Gasteiger charge is -2.31. The molecule has 0 unspecified atom stereocenters. The highest BCUT2D eigenvalue weighted by atomic mass is 16.6. The summed E-state index contributed by atoms with van der Waals surface area (Å²) in [5, 5.41) is 0. The molecule has 4 nitrogen and oxygen atoms in total. The van der Waals surface area contributed by atoms with Crippen LogP contribution in [0, 0.1) is 5.92 Å². The quantitative estimate of drug-likeness (QED) is 0.659. The van der Waals surface area contributed by atoms with Crippen LogP contribution in [-0.4, -0.2) is 35.2 Å². The molecule has 2 N–H and O–H groups in total. The van der Waals surface area contributed by atoms with Crippen molar-refractivity contribution < 1.29 is 9.53 Å². The average Bonchev–Trinajstić information content (AvgIpc) is 2.71. The first-order valence-corrected chi connectivity index (χ1v) is 5.57. The Bertz CT molecular complexity index is 285. The number of rotatable bonds is 0. The summed E-state index contributed by atoms with van der Waals surface area (Å²) < 4.78 is 5.32. The third-order valence-corrected chi connectivity index (χ3v) is 3.22. The topological polar surface area (TPSA) is 55.6 Å². The number of piperidine rings is 1. The number of hydrogen-bond acceptors (Lipinski definition) is 3. The molecule has 1 amide bonds. The van der Waals surface area contributed by atoms with Crippen molar-refractivity contribution in [3.05, 3.63) is 0 Å². The van der Waals surface area contributed by atoms with Gasteiger partial charge in [-0.1, -0.05) is 0 Å². The number of carbonyl (C=O) groups is 1. The molecule has 0 aromatic carbocycles. The first-order chi connectivity index (χ1) is 6.80. The number of nitrogens with zero attached hydrogens (tertiary/aromatic N) is 1. The predicted molar refractivity (Wildman–Crippen MR) is 57.4 cm³/mol. The summed E-state index contributed by atoms with van der Waals surface area (Å²) in [5.41, 5.74) is 5.70. The molecule has 1 aliphatic carbocycles. The highest BCUT2D eigenvalue weighted by molar-refractivity contribution is 5.68. The van der Waals surface area contributed by atoms with Gasteiger partial charge < -0.3 is 15.4 Å². The Morgan fingerprint density at radius 2 is 2.20 bits per heavy atom. The fourth-order valence-electron chi connectivity index (χ4n) is 2.15. The minimum absolute atomic E-state index is 0.0402. The van der Waals surface area contributed by atoms with E-state index in [4.69, 9.17) is 10.5 Å². The number of fused-ring (bicyclic) bond motifs is 1. The molecule has 0 aromatic rings. The van der Waals surface area contributed by atoms with Crippen LogP contribution in [0.4, 0.5) is 4.79 Å². The standard InChI is InChI=1S/C11H20N2O2/c1-10(2,3)15-9(14)13-5-4-11(12)6-8(11)7-13/h8H,4-7,12H2,1-3H3/t8-,11-/m0/s1. The number of carbonyl (C=O) groups excluding carboxylic acids is 1. The second-order valence-electron chi connectivity index (χ2n) is 5.81. The zero-order valence-corrected chi connectivity index (χ0v) is 9.75. The van der Waals surface area contributed by atoms with E-state index in [-0.39, 0.29) is 11.6 Å². The van der Waals surface area contributed by atoms with Gasteiger partial charge in [-0.25, -0.2) is 4.79 Å². The molecule has 2 aliphatic rings. The molecule has 1 aliphatic heterocycles. The van der Waals surface area contributed by atoms with Gasteiger partial charge in [0.15, 0.2) is 0 Å². The number of hydrogen-bond donors (Lipinski definition) is 1. The Labute approximate surface area is 90.8 Å². The second kappa shape index (κ2) is 3.11. The van der Waals surface area contributed by atoms with Gasteiger partial charge in [0.05, 0.1) is 0 Å². The maximum Gasteiger partial charge on any atom is 0.410 e. The van der Waals surface area contributed by atoms with Gasteiger partial charge in [0.1, 0.15) is 5.60 Å². The first-order valence-electron chi connectivity index (χ1n) is 5.57. The predicted octanol–water partition coefficient (Wildman–Crippen LogP) is 1.34. The molecule has 1 saturated carbocycles. The van der Waals surface area contributed by atoms with Crippen molar-refractivity contribution in [2.24, 2.45) is 11.7 Å². The van der Waals surface area contributed by atoms with Crippen LogP contribution in [0.1, 0.15) is 33.6 Å². The smallest absolute Gasteiger partial charge is 0.410 e. The Morgan fingerprint density at radius 3 is 2.73 bits per heavy atom. The van der Waals surface area contributed by atoms with Crippen LogP contribution >= 0.6 is 0 Å². The van der Waals surface area contributed by atoms with Gasteiger partial charge in [0.2, 0.25) is 0 Å². The molecule has 15 heavy (non-hydrogen) atoms. The third-order valence-electron chi connectivity index (χ3n) is 3.22. The molecule has 1 saturated heterocycles. The molecule has 0 bridgehead atoms. The normalized spacial score (nSPS) is 34.7. The van der Waals surface area contributed by atoms with E-state index in [9.17, 15) is 4.79 Å². The Kier molecular flexibility index (Phi) is 2.23. The van der Waals surface area contributed by atoms with Crippen molar-refractivity contribution in [3.63, 3.8) is 0 Å². The highest BCUT2D eigenvalue weighted by Crippen LogP contribution is 2.47. The SMILES string of the molecule is CC(C)(C)OC(=O)N1CC[C@]2(N)C[C@H]2C1. The maximum atomic E-state index is 11.7. The Balaban J connectivity index is 1.88. The lowest BCUT2D eigenvalue weighted by Crippen LogP contribution is -2.46. The fraction of sp³-hybridized carbons (Fsp3) is 0.909. The zero-order valence-electron chi connectivity index (χ0n) is 9.75. The molecule has 86 valence electrons. The van der Waals surface area contributed by atoms with E-state index in [0.717, 1.165) is 25.9 Å².